The number of allylic oxidation sites excluding steroid dienone is 1. The third kappa shape index (κ3) is 8.91. The Kier molecular flexibility index (Phi) is 12.3. The van der Waals surface area contributed by atoms with Crippen LogP contribution < -0.4 is 25.7 Å². The number of likely N-dealkylation sites (N-methyl/N-ethyl adjacent to an activating group) is 1. The van der Waals surface area contributed by atoms with E-state index in [0.29, 0.717) is 40.0 Å². The van der Waals surface area contributed by atoms with Crippen LogP contribution in [0, 0.1) is 12.7 Å². The lowest BCUT2D eigenvalue weighted by Gasteiger charge is -2.18. The van der Waals surface area contributed by atoms with Crippen LogP contribution in [0.4, 0.5) is 21.7 Å². The highest BCUT2D eigenvalue weighted by Gasteiger charge is 2.24. The first kappa shape index (κ1) is 38.7. The summed E-state index contributed by atoms with van der Waals surface area (Å²) in [6.45, 7) is 5.80. The van der Waals surface area contributed by atoms with Crippen LogP contribution in [0.15, 0.2) is 84.3 Å². The largest absolute Gasteiger partial charge is 0.495 e. The minimum Gasteiger partial charge on any atom is -0.495 e. The van der Waals surface area contributed by atoms with Crippen molar-refractivity contribution >= 4 is 63.2 Å². The number of rotatable bonds is 14. The fourth-order valence-corrected chi connectivity index (χ4v) is 6.33. The maximum atomic E-state index is 14.6. The number of anilines is 3. The molecule has 5 aromatic rings. The van der Waals surface area contributed by atoms with Gasteiger partial charge in [0, 0.05) is 47.6 Å². The van der Waals surface area contributed by atoms with Gasteiger partial charge in [-0.15, -0.1) is 0 Å². The zero-order valence-corrected chi connectivity index (χ0v) is 31.2. The van der Waals surface area contributed by atoms with E-state index in [1.54, 1.807) is 43.3 Å². The van der Waals surface area contributed by atoms with Crippen molar-refractivity contribution in [2.45, 2.75) is 19.9 Å². The molecule has 1 amide bonds. The van der Waals surface area contributed by atoms with Gasteiger partial charge in [0.1, 0.15) is 23.0 Å². The Balaban J connectivity index is 1.65. The summed E-state index contributed by atoms with van der Waals surface area (Å²) in [5.74, 6) is -0.459. The Bertz CT molecular complexity index is 2280. The molecule has 5 rings (SSSR count). The average molecular weight is 760 g/mol. The summed E-state index contributed by atoms with van der Waals surface area (Å²) in [5.41, 5.74) is 2.76. The number of ether oxygens (including phenoxy) is 2. The van der Waals surface area contributed by atoms with E-state index in [1.165, 1.54) is 49.3 Å². The normalized spacial score (nSPS) is 11.3. The molecule has 0 spiro atoms. The molecule has 274 valence electrons. The van der Waals surface area contributed by atoms with Gasteiger partial charge < -0.3 is 25.0 Å². The predicted molar refractivity (Wildman–Crippen MR) is 208 cm³/mol. The molecule has 0 fully saturated rings. The van der Waals surface area contributed by atoms with Gasteiger partial charge in [0.05, 0.1) is 36.4 Å². The third-order valence-corrected chi connectivity index (χ3v) is 8.93. The van der Waals surface area contributed by atoms with Gasteiger partial charge in [0.25, 0.3) is 5.56 Å². The second kappa shape index (κ2) is 16.8. The Morgan fingerprint density at radius 3 is 2.34 bits per heavy atom. The first-order valence-electron chi connectivity index (χ1n) is 16.3. The minimum atomic E-state index is -0.490. The third-order valence-electron chi connectivity index (χ3n) is 8.18. The molecule has 0 aliphatic rings. The molecule has 0 radical (unpaired) electrons. The monoisotopic (exact) mass is 758 g/mol. The topological polar surface area (TPSA) is 128 Å². The highest BCUT2D eigenvalue weighted by atomic mass is 35.5. The number of fused-ring (bicyclic) bond motifs is 1. The van der Waals surface area contributed by atoms with Gasteiger partial charge >= 0.3 is 0 Å². The Hall–Kier alpha value is -5.56. The minimum absolute atomic E-state index is 0.0419. The second-order valence-electron chi connectivity index (χ2n) is 12.3. The number of halogens is 3. The van der Waals surface area contributed by atoms with Gasteiger partial charge in [-0.05, 0) is 80.2 Å². The lowest BCUT2D eigenvalue weighted by atomic mass is 10.0. The molecule has 0 aliphatic carbocycles. The summed E-state index contributed by atoms with van der Waals surface area (Å²) in [4.78, 5) is 50.4. The zero-order chi connectivity index (χ0) is 38.4. The van der Waals surface area contributed by atoms with Crippen LogP contribution in [0.5, 0.6) is 11.5 Å². The number of nitrogens with one attached hydrogen (secondary N) is 2. The van der Waals surface area contributed by atoms with E-state index in [0.717, 1.165) is 6.08 Å². The van der Waals surface area contributed by atoms with Crippen LogP contribution in [0.25, 0.3) is 22.2 Å². The highest BCUT2D eigenvalue weighted by molar-refractivity contribution is 6.41. The summed E-state index contributed by atoms with van der Waals surface area (Å²) in [7, 11) is 6.65. The molecule has 0 unspecified atom stereocenters. The molecular weight excluding hydrogens is 722 g/mol. The molecule has 2 aromatic heterocycles. The standard InChI is InChI=1S/C39H37Cl2FN6O5/c1-7-32(50)44-27-12-10-23(11-13-27)21-48-37-25(18-29(38(48)51)33-34(40)30(52-5)19-31(53-6)35(33)41)20-43-39(46-37)45-36-22(2)15-26(42)16-24(36)17-28(49)9-8-14-47(3)4/h7-13,15-16,18-20H,1,14,17,21H2,2-6H3,(H,44,50)(H,43,45,46)/b9-8+. The number of nitrogens with zero attached hydrogens (tertiary/aromatic N) is 4. The number of hydrogen-bond acceptors (Lipinski definition) is 9. The van der Waals surface area contributed by atoms with Crippen LogP contribution in [0.1, 0.15) is 16.7 Å². The number of aromatic nitrogens is 3. The van der Waals surface area contributed by atoms with Gasteiger partial charge in [0.15, 0.2) is 5.78 Å². The summed E-state index contributed by atoms with van der Waals surface area (Å²) >= 11 is 13.5. The zero-order valence-electron chi connectivity index (χ0n) is 29.7. The molecule has 14 heteroatoms. The Labute approximate surface area is 315 Å². The summed E-state index contributed by atoms with van der Waals surface area (Å²) in [5, 5.41) is 6.54. The average Bonchev–Trinajstić information content (AvgIpc) is 3.12. The van der Waals surface area contributed by atoms with Crippen molar-refractivity contribution < 1.29 is 23.5 Å². The Morgan fingerprint density at radius 1 is 1.04 bits per heavy atom. The van der Waals surface area contributed by atoms with E-state index in [9.17, 15) is 18.8 Å². The van der Waals surface area contributed by atoms with Crippen molar-refractivity contribution in [3.8, 4) is 22.6 Å². The molecule has 0 bridgehead atoms. The fourth-order valence-electron chi connectivity index (χ4n) is 5.62. The number of hydrogen-bond donors (Lipinski definition) is 2. The smallest absolute Gasteiger partial charge is 0.260 e. The van der Waals surface area contributed by atoms with E-state index < -0.39 is 11.4 Å². The maximum Gasteiger partial charge on any atom is 0.260 e. The first-order valence-corrected chi connectivity index (χ1v) is 17.0. The van der Waals surface area contributed by atoms with Crippen molar-refractivity contribution in [1.82, 2.24) is 19.4 Å². The van der Waals surface area contributed by atoms with Crippen LogP contribution in [0.2, 0.25) is 10.0 Å². The molecule has 0 saturated heterocycles. The van der Waals surface area contributed by atoms with Gasteiger partial charge in [-0.25, -0.2) is 9.37 Å². The van der Waals surface area contributed by atoms with Gasteiger partial charge in [0.2, 0.25) is 11.9 Å². The molecule has 3 aromatic carbocycles. The second-order valence-corrected chi connectivity index (χ2v) is 13.0. The summed E-state index contributed by atoms with van der Waals surface area (Å²) < 4.78 is 27.0. The molecule has 2 N–H and O–H groups in total. The SMILES string of the molecule is C=CC(=O)Nc1ccc(Cn2c(=O)c(-c3c(Cl)c(OC)cc(OC)c3Cl)cc3cnc(Nc4c(C)cc(F)cc4CC(=O)/C=C/CN(C)C)nc32)cc1. The molecule has 11 nitrogen and oxygen atoms in total. The van der Waals surface area contributed by atoms with Crippen LogP contribution in [-0.4, -0.2) is 66.0 Å². The van der Waals surface area contributed by atoms with E-state index >= 15 is 0 Å². The number of ketones is 1. The number of carbonyl (C=O) groups is 2. The van der Waals surface area contributed by atoms with Crippen LogP contribution >= 0.6 is 23.2 Å². The Morgan fingerprint density at radius 2 is 1.72 bits per heavy atom. The van der Waals surface area contributed by atoms with Gasteiger partial charge in [-0.3, -0.25) is 19.0 Å². The maximum absolute atomic E-state index is 14.6. The quantitative estimate of drug-likeness (QED) is 0.112. The number of carbonyl (C=O) groups excluding carboxylic acids is 2. The predicted octanol–water partition coefficient (Wildman–Crippen LogP) is 7.38. The first-order chi connectivity index (χ1) is 25.3. The van der Waals surface area contributed by atoms with Gasteiger partial charge in [-0.1, -0.05) is 48.0 Å². The van der Waals surface area contributed by atoms with Gasteiger partial charge in [-0.2, -0.15) is 4.98 Å². The number of benzene rings is 3. The number of amides is 1. The lowest BCUT2D eigenvalue weighted by Crippen LogP contribution is -2.24. The van der Waals surface area contributed by atoms with Crippen molar-refractivity contribution in [1.29, 1.82) is 0 Å². The fraction of sp³-hybridized carbons (Fsp3) is 0.205. The van der Waals surface area contributed by atoms with Crippen molar-refractivity contribution in [2.24, 2.45) is 0 Å². The van der Waals surface area contributed by atoms with E-state index in [4.69, 9.17) is 37.7 Å². The summed E-state index contributed by atoms with van der Waals surface area (Å²) in [6, 6.07) is 12.7. The summed E-state index contributed by atoms with van der Waals surface area (Å²) in [6.07, 6.45) is 5.85. The van der Waals surface area contributed by atoms with Crippen molar-refractivity contribution in [3.63, 3.8) is 0 Å². The highest BCUT2D eigenvalue weighted by Crippen LogP contribution is 2.45. The van der Waals surface area contributed by atoms with Crippen molar-refractivity contribution in [2.75, 3.05) is 45.5 Å². The van der Waals surface area contributed by atoms with E-state index in [1.807, 2.05) is 19.0 Å². The number of aryl methyl sites for hydroxylation is 1. The van der Waals surface area contributed by atoms with Crippen LogP contribution in [0.3, 0.4) is 0 Å². The molecule has 2 heterocycles. The molecule has 0 atom stereocenters. The van der Waals surface area contributed by atoms with E-state index in [2.05, 4.69) is 22.2 Å². The molecule has 0 aliphatic heterocycles. The lowest BCUT2D eigenvalue weighted by molar-refractivity contribution is -0.114. The molecule has 53 heavy (non-hydrogen) atoms. The van der Waals surface area contributed by atoms with Crippen LogP contribution in [-0.2, 0) is 22.6 Å². The van der Waals surface area contributed by atoms with Crippen molar-refractivity contribution in [3.05, 3.63) is 122 Å². The van der Waals surface area contributed by atoms with E-state index in [-0.39, 0.29) is 68.9 Å². The molecule has 0 saturated carbocycles. The molecular formula is C39H37Cl2FN6O5. The number of methoxy groups -OCH3 is 2. The number of pyridine rings is 1.